The van der Waals surface area contributed by atoms with Crippen molar-refractivity contribution in [3.05, 3.63) is 113 Å². The monoisotopic (exact) mass is 1130 g/mol. The number of halogens is 2. The molecule has 18 nitrogen and oxygen atoms in total. The van der Waals surface area contributed by atoms with Crippen LogP contribution < -0.4 is 26.0 Å². The Morgan fingerprint density at radius 2 is 1.68 bits per heavy atom. The first-order valence-electron chi connectivity index (χ1n) is 27.7. The van der Waals surface area contributed by atoms with E-state index in [9.17, 15) is 28.7 Å². The second-order valence-corrected chi connectivity index (χ2v) is 22.7. The molecule has 0 aliphatic carbocycles. The fourth-order valence-electron chi connectivity index (χ4n) is 9.61. The number of fused-ring (bicyclic) bond motifs is 1. The summed E-state index contributed by atoms with van der Waals surface area (Å²) in [6, 6.07) is 13.6. The Morgan fingerprint density at radius 1 is 0.950 bits per heavy atom. The number of β-amino-alcohol motifs (C(OH)–C–C–N with tert-alkyl or cyclic N) is 1. The number of aliphatic hydroxyl groups is 1. The maximum Gasteiger partial charge on any atom is 0.248 e. The van der Waals surface area contributed by atoms with Crippen LogP contribution in [0.1, 0.15) is 129 Å². The van der Waals surface area contributed by atoms with E-state index < -0.39 is 29.4 Å². The minimum Gasteiger partial charge on any atom is -0.485 e. The smallest absolute Gasteiger partial charge is 0.248 e. The second-order valence-electron chi connectivity index (χ2n) is 21.4. The highest BCUT2D eigenvalue weighted by molar-refractivity contribution is 7.13. The summed E-state index contributed by atoms with van der Waals surface area (Å²) in [5.41, 5.74) is 6.18. The Labute approximate surface area is 477 Å². The molecule has 0 bridgehead atoms. The summed E-state index contributed by atoms with van der Waals surface area (Å²) >= 11 is 7.62. The molecule has 0 spiro atoms. The van der Waals surface area contributed by atoms with E-state index in [0.29, 0.717) is 59.0 Å². The number of hydrogen-bond acceptors (Lipinski definition) is 14. The van der Waals surface area contributed by atoms with E-state index in [-0.39, 0.29) is 60.7 Å². The predicted molar refractivity (Wildman–Crippen MR) is 312 cm³/mol. The number of anilines is 3. The van der Waals surface area contributed by atoms with Gasteiger partial charge in [0.1, 0.15) is 48.1 Å². The van der Waals surface area contributed by atoms with Gasteiger partial charge in [0.2, 0.25) is 23.6 Å². The summed E-state index contributed by atoms with van der Waals surface area (Å²) in [4.78, 5) is 72.3. The van der Waals surface area contributed by atoms with Crippen LogP contribution >= 0.6 is 22.9 Å². The van der Waals surface area contributed by atoms with Crippen molar-refractivity contribution in [2.45, 2.75) is 150 Å². The number of hydrogen-bond donors (Lipinski definition) is 5. The molecular weight excluding hydrogens is 1060 g/mol. The summed E-state index contributed by atoms with van der Waals surface area (Å²) in [6.45, 7) is 16.8. The van der Waals surface area contributed by atoms with Crippen molar-refractivity contribution < 1.29 is 33.4 Å². The zero-order chi connectivity index (χ0) is 57.3. The van der Waals surface area contributed by atoms with Crippen LogP contribution in [0.3, 0.4) is 0 Å². The van der Waals surface area contributed by atoms with Gasteiger partial charge in [-0.2, -0.15) is 0 Å². The molecule has 4 heterocycles. The van der Waals surface area contributed by atoms with Gasteiger partial charge >= 0.3 is 0 Å². The molecule has 7 rings (SSSR count). The van der Waals surface area contributed by atoms with Gasteiger partial charge in [0.05, 0.1) is 50.7 Å². The molecule has 0 unspecified atom stereocenters. The van der Waals surface area contributed by atoms with Gasteiger partial charge in [-0.05, 0) is 80.6 Å². The van der Waals surface area contributed by atoms with Crippen LogP contribution in [0.15, 0.2) is 84.8 Å². The van der Waals surface area contributed by atoms with E-state index in [1.807, 2.05) is 76.7 Å². The van der Waals surface area contributed by atoms with Gasteiger partial charge in [0.15, 0.2) is 0 Å². The van der Waals surface area contributed by atoms with E-state index in [1.165, 1.54) is 29.4 Å². The summed E-state index contributed by atoms with van der Waals surface area (Å²) in [5, 5.41) is 32.1. The lowest BCUT2D eigenvalue weighted by atomic mass is 9.85. The Balaban J connectivity index is 0.819. The Hall–Kier alpha value is -6.87. The van der Waals surface area contributed by atoms with Crippen molar-refractivity contribution in [1.82, 2.24) is 50.4 Å². The first kappa shape index (κ1) is 60.8. The number of amides is 4. The predicted octanol–water partition coefficient (Wildman–Crippen LogP) is 10.5. The molecule has 3 aromatic heterocycles. The number of aryl methyl sites for hydroxylation is 2. The van der Waals surface area contributed by atoms with Gasteiger partial charge in [-0.25, -0.2) is 19.3 Å². The molecule has 80 heavy (non-hydrogen) atoms. The number of aromatic nitrogens is 6. The Kier molecular flexibility index (Phi) is 22.0. The van der Waals surface area contributed by atoms with Crippen LogP contribution in [-0.4, -0.2) is 113 Å². The number of nitrogens with one attached hydrogen (secondary N) is 4. The number of carbonyl (C=O) groups is 4. The van der Waals surface area contributed by atoms with E-state index in [0.717, 1.165) is 79.7 Å². The zero-order valence-electron chi connectivity index (χ0n) is 46.9. The molecule has 4 amide bonds. The second kappa shape index (κ2) is 29.0. The lowest BCUT2D eigenvalue weighted by Crippen LogP contribution is -2.57. The average molecular weight is 1140 g/mol. The van der Waals surface area contributed by atoms with Crippen LogP contribution in [0.5, 0.6) is 5.75 Å². The lowest BCUT2D eigenvalue weighted by molar-refractivity contribution is -0.144. The third-order valence-electron chi connectivity index (χ3n) is 14.3. The molecule has 1 saturated heterocycles. The standard InChI is InChI=1S/C59H76ClFN12O6S/c1-8-71(9-2)27-18-20-52(75)67-49-31-45-48(62-36-63-56(45)66-42-25-26-47(61)46(60)29-42)32-51(49)79-35-43-33-72(70-69-43)28-17-15-13-11-10-12-14-16-19-53(76)68-55(59(5,6)7)58(78)73-34-44(74)30-50(73)57(77)65-38(3)40-21-23-41(24-22-40)54-39(4)64-37-80-54/h18,20-26,29,31-33,36-38,44,50,55,74H,8-17,19,27-28,30,34-35H2,1-7H3,(H,65,77)(H,67,75)(H,68,76)(H,62,63,66)/b20-18+/t38-,44-,50+,55-/m1/s1. The van der Waals surface area contributed by atoms with E-state index in [4.69, 9.17) is 16.3 Å². The molecule has 3 aromatic carbocycles. The fourth-order valence-corrected chi connectivity index (χ4v) is 10.6. The van der Waals surface area contributed by atoms with Gasteiger partial charge in [0.25, 0.3) is 0 Å². The molecule has 21 heteroatoms. The topological polar surface area (TPSA) is 222 Å². The SMILES string of the molecule is CCN(CC)C/C=C/C(=O)Nc1cc2c(Nc3ccc(F)c(Cl)c3)ncnc2cc1OCc1cn(CCCCCCCCCCC(=O)N[C@H](C(=O)N2C[C@H](O)C[C@H]2C(=O)N[C@H](C)c2ccc(-c3scnc3C)cc2)C(C)(C)C)nn1. The highest BCUT2D eigenvalue weighted by atomic mass is 35.5. The minimum atomic E-state index is -0.875. The summed E-state index contributed by atoms with van der Waals surface area (Å²) in [7, 11) is 0. The van der Waals surface area contributed by atoms with Gasteiger partial charge in [-0.1, -0.05) is 120 Å². The molecule has 1 aliphatic rings. The first-order valence-corrected chi connectivity index (χ1v) is 29.0. The summed E-state index contributed by atoms with van der Waals surface area (Å²) < 4.78 is 22.0. The molecule has 4 atom stereocenters. The number of thiazole rings is 1. The number of rotatable bonds is 28. The summed E-state index contributed by atoms with van der Waals surface area (Å²) in [5.74, 6) is -1.01. The minimum absolute atomic E-state index is 0.0146. The van der Waals surface area contributed by atoms with Gasteiger partial charge in [0, 0.05) is 55.7 Å². The van der Waals surface area contributed by atoms with Gasteiger partial charge in [-0.3, -0.25) is 23.9 Å². The highest BCUT2D eigenvalue weighted by Gasteiger charge is 2.44. The highest BCUT2D eigenvalue weighted by Crippen LogP contribution is 2.35. The zero-order valence-corrected chi connectivity index (χ0v) is 48.5. The first-order chi connectivity index (χ1) is 38.4. The van der Waals surface area contributed by atoms with Crippen LogP contribution in [0, 0.1) is 18.2 Å². The van der Waals surface area contributed by atoms with Crippen LogP contribution in [0.2, 0.25) is 5.02 Å². The maximum atomic E-state index is 14.2. The van der Waals surface area contributed by atoms with Crippen LogP contribution in [0.4, 0.5) is 21.6 Å². The number of likely N-dealkylation sites (N-methyl/N-ethyl adjacent to an activating group) is 1. The largest absolute Gasteiger partial charge is 0.485 e. The van der Waals surface area contributed by atoms with Crippen LogP contribution in [-0.2, 0) is 32.3 Å². The molecule has 1 fully saturated rings. The van der Waals surface area contributed by atoms with E-state index >= 15 is 0 Å². The van der Waals surface area contributed by atoms with Crippen molar-refractivity contribution in [3.8, 4) is 16.2 Å². The van der Waals surface area contributed by atoms with Crippen LogP contribution in [0.25, 0.3) is 21.3 Å². The molecule has 0 radical (unpaired) electrons. The molecule has 1 aliphatic heterocycles. The number of carbonyl (C=O) groups excluding carboxylic acids is 4. The molecule has 6 aromatic rings. The quantitative estimate of drug-likeness (QED) is 0.0228. The number of nitrogens with zero attached hydrogens (tertiary/aromatic N) is 8. The van der Waals surface area contributed by atoms with Crippen molar-refractivity contribution >= 4 is 74.7 Å². The normalized spacial score (nSPS) is 15.4. The van der Waals surface area contributed by atoms with Gasteiger partial charge in [-0.15, -0.1) is 16.4 Å². The van der Waals surface area contributed by atoms with Crippen molar-refractivity contribution in [3.63, 3.8) is 0 Å². The van der Waals surface area contributed by atoms with Crippen molar-refractivity contribution in [2.24, 2.45) is 5.41 Å². The Morgan fingerprint density at radius 3 is 2.36 bits per heavy atom. The van der Waals surface area contributed by atoms with E-state index in [2.05, 4.69) is 65.3 Å². The van der Waals surface area contributed by atoms with Gasteiger partial charge < -0.3 is 40.9 Å². The summed E-state index contributed by atoms with van der Waals surface area (Å²) in [6.07, 6.45) is 13.8. The lowest BCUT2D eigenvalue weighted by Gasteiger charge is -2.35. The third-order valence-corrected chi connectivity index (χ3v) is 15.5. The number of likely N-dealkylation sites (tertiary alicyclic amines) is 1. The number of unbranched alkanes of at least 4 members (excludes halogenated alkanes) is 7. The molecule has 428 valence electrons. The van der Waals surface area contributed by atoms with Crippen molar-refractivity contribution in [2.75, 3.05) is 36.8 Å². The number of aliphatic hydroxyl groups excluding tert-OH is 1. The average Bonchev–Trinajstić information content (AvgIpc) is 4.20. The molecule has 5 N–H and O–H groups in total. The Bertz CT molecular complexity index is 3070. The number of benzene rings is 3. The number of ether oxygens (including phenoxy) is 1. The van der Waals surface area contributed by atoms with E-state index in [1.54, 1.807) is 34.2 Å². The molecular formula is C59H76ClFN12O6S. The van der Waals surface area contributed by atoms with Crippen molar-refractivity contribution in [1.29, 1.82) is 0 Å². The fraction of sp³-hybridized carbons (Fsp3) is 0.475. The maximum absolute atomic E-state index is 14.2. The molecule has 0 saturated carbocycles. The third kappa shape index (κ3) is 17.1.